The Labute approximate surface area is 73.7 Å². The van der Waals surface area contributed by atoms with E-state index in [0.29, 0.717) is 5.21 Å². The molecule has 60 valence electrons. The maximum absolute atomic E-state index is 2.43. The summed E-state index contributed by atoms with van der Waals surface area (Å²) in [5.74, 6) is 2.74. The van der Waals surface area contributed by atoms with Gasteiger partial charge >= 0.3 is 0 Å². The van der Waals surface area contributed by atoms with E-state index in [4.69, 9.17) is 0 Å². The molecule has 0 nitrogen and oxygen atoms in total. The molecule has 1 rings (SSSR count). The quantitative estimate of drug-likeness (QED) is 0.419. The molecule has 1 aliphatic carbocycles. The van der Waals surface area contributed by atoms with Gasteiger partial charge in [0.25, 0.3) is 0 Å². The number of hydrogen-bond acceptors (Lipinski definition) is 0. The Kier molecular flexibility index (Phi) is 2.46. The predicted octanol–water partition coefficient (Wildman–Crippen LogP) is -0.144. The molecule has 3 heteroatoms. The standard InChI is InChI=1S/C8H19B3/c1-5-3-4-6(2)8(10,11)7(5)9/h5-7H,3-4,9-11H2,1-2H3. The lowest BCUT2D eigenvalue weighted by Gasteiger charge is -2.46. The third kappa shape index (κ3) is 1.52. The third-order valence-electron chi connectivity index (χ3n) is 4.35. The molecule has 3 atom stereocenters. The van der Waals surface area contributed by atoms with Crippen molar-refractivity contribution < 1.29 is 0 Å². The molecule has 3 unspecified atom stereocenters. The van der Waals surface area contributed by atoms with E-state index >= 15 is 0 Å². The average molecular weight is 148 g/mol. The van der Waals surface area contributed by atoms with Gasteiger partial charge in [-0.3, -0.25) is 0 Å². The Morgan fingerprint density at radius 3 is 2.18 bits per heavy atom. The highest BCUT2D eigenvalue weighted by atomic mass is 14.3. The van der Waals surface area contributed by atoms with Crippen LogP contribution in [0.4, 0.5) is 0 Å². The van der Waals surface area contributed by atoms with Crippen molar-refractivity contribution in [1.29, 1.82) is 0 Å². The molecule has 0 aliphatic heterocycles. The van der Waals surface area contributed by atoms with Crippen molar-refractivity contribution in [1.82, 2.24) is 0 Å². The van der Waals surface area contributed by atoms with E-state index in [1.54, 1.807) is 0 Å². The first-order chi connectivity index (χ1) is 4.96. The summed E-state index contributed by atoms with van der Waals surface area (Å²) in [6.45, 7) is 4.81. The van der Waals surface area contributed by atoms with Crippen molar-refractivity contribution in [3.05, 3.63) is 0 Å². The number of rotatable bonds is 0. The summed E-state index contributed by atoms with van der Waals surface area (Å²) >= 11 is 0. The molecule has 0 aromatic rings. The van der Waals surface area contributed by atoms with E-state index < -0.39 is 0 Å². The highest BCUT2D eigenvalue weighted by molar-refractivity contribution is 6.44. The van der Waals surface area contributed by atoms with Gasteiger partial charge in [-0.1, -0.05) is 43.6 Å². The zero-order valence-corrected chi connectivity index (χ0v) is 8.65. The molecular formula is C8H19B3. The van der Waals surface area contributed by atoms with E-state index in [2.05, 4.69) is 37.4 Å². The maximum Gasteiger partial charge on any atom is 0.104 e. The van der Waals surface area contributed by atoms with Crippen molar-refractivity contribution in [2.45, 2.75) is 37.7 Å². The van der Waals surface area contributed by atoms with Crippen molar-refractivity contribution in [2.75, 3.05) is 0 Å². The van der Waals surface area contributed by atoms with Gasteiger partial charge in [-0.2, -0.15) is 0 Å². The van der Waals surface area contributed by atoms with Crippen molar-refractivity contribution in [3.8, 4) is 0 Å². The zero-order chi connectivity index (χ0) is 8.65. The zero-order valence-electron chi connectivity index (χ0n) is 8.65. The molecule has 0 N–H and O–H groups in total. The number of hydrogen-bond donors (Lipinski definition) is 0. The van der Waals surface area contributed by atoms with Crippen LogP contribution in [0.25, 0.3) is 0 Å². The molecule has 0 bridgehead atoms. The van der Waals surface area contributed by atoms with Crippen LogP contribution in [0.15, 0.2) is 0 Å². The van der Waals surface area contributed by atoms with Gasteiger partial charge < -0.3 is 0 Å². The van der Waals surface area contributed by atoms with Gasteiger partial charge in [0.1, 0.15) is 7.85 Å². The van der Waals surface area contributed by atoms with Gasteiger partial charge in [-0.25, -0.2) is 0 Å². The molecule has 1 aliphatic rings. The summed E-state index contributed by atoms with van der Waals surface area (Å²) in [7, 11) is 7.27. The molecule has 0 aromatic heterocycles. The molecule has 11 heavy (non-hydrogen) atoms. The molecule has 0 radical (unpaired) electrons. The van der Waals surface area contributed by atoms with Crippen molar-refractivity contribution in [3.63, 3.8) is 0 Å². The lowest BCUT2D eigenvalue weighted by atomic mass is 9.35. The molecule has 0 amide bonds. The second-order valence-electron chi connectivity index (χ2n) is 5.07. The van der Waals surface area contributed by atoms with Crippen LogP contribution in [-0.4, -0.2) is 23.5 Å². The first kappa shape index (κ1) is 9.28. The highest BCUT2D eigenvalue weighted by Crippen LogP contribution is 2.50. The van der Waals surface area contributed by atoms with E-state index in [1.165, 1.54) is 12.8 Å². The Bertz CT molecular complexity index is 144. The second kappa shape index (κ2) is 2.92. The summed E-state index contributed by atoms with van der Waals surface area (Å²) in [5.41, 5.74) is 0. The third-order valence-corrected chi connectivity index (χ3v) is 4.35. The van der Waals surface area contributed by atoms with Gasteiger partial charge in [0, 0.05) is 0 Å². The smallest absolute Gasteiger partial charge is 0.0859 e. The molecule has 1 saturated carbocycles. The normalized spacial score (nSPS) is 43.6. The first-order valence-corrected chi connectivity index (χ1v) is 4.96. The van der Waals surface area contributed by atoms with Crippen LogP contribution in [-0.2, 0) is 0 Å². The van der Waals surface area contributed by atoms with Gasteiger partial charge in [0.15, 0.2) is 0 Å². The fourth-order valence-corrected chi connectivity index (χ4v) is 2.32. The predicted molar refractivity (Wildman–Crippen MR) is 59.6 cm³/mol. The van der Waals surface area contributed by atoms with Gasteiger partial charge in [0.05, 0.1) is 15.7 Å². The lowest BCUT2D eigenvalue weighted by Crippen LogP contribution is -2.35. The molecule has 1 fully saturated rings. The molecular weight excluding hydrogens is 129 g/mol. The topological polar surface area (TPSA) is 0 Å². The Balaban J connectivity index is 2.72. The highest BCUT2D eigenvalue weighted by Gasteiger charge is 2.37. The molecule has 0 spiro atoms. The van der Waals surface area contributed by atoms with Crippen LogP contribution in [0.1, 0.15) is 26.7 Å². The van der Waals surface area contributed by atoms with Gasteiger partial charge in [-0.15, -0.1) is 0 Å². The minimum Gasteiger partial charge on any atom is -0.0859 e. The van der Waals surface area contributed by atoms with Crippen molar-refractivity contribution in [2.24, 2.45) is 11.8 Å². The van der Waals surface area contributed by atoms with E-state index in [1.807, 2.05) is 0 Å². The Hall–Kier alpha value is 0.195. The monoisotopic (exact) mass is 148 g/mol. The summed E-state index contributed by atoms with van der Waals surface area (Å²) in [4.78, 5) is 0. The Morgan fingerprint density at radius 2 is 1.73 bits per heavy atom. The van der Waals surface area contributed by atoms with E-state index in [0.717, 1.165) is 17.7 Å². The lowest BCUT2D eigenvalue weighted by molar-refractivity contribution is 0.283. The van der Waals surface area contributed by atoms with Crippen LogP contribution in [0.3, 0.4) is 0 Å². The maximum atomic E-state index is 2.43. The molecule has 0 saturated heterocycles. The van der Waals surface area contributed by atoms with Crippen LogP contribution in [0.2, 0.25) is 11.0 Å². The van der Waals surface area contributed by atoms with Crippen LogP contribution < -0.4 is 0 Å². The fourth-order valence-electron chi connectivity index (χ4n) is 2.32. The van der Waals surface area contributed by atoms with Gasteiger partial charge in [0.2, 0.25) is 0 Å². The van der Waals surface area contributed by atoms with Crippen LogP contribution >= 0.6 is 0 Å². The SMILES string of the molecule is BC1C(C)CCC(C)C1(B)B. The largest absolute Gasteiger partial charge is 0.104 e. The van der Waals surface area contributed by atoms with E-state index in [9.17, 15) is 0 Å². The molecule has 0 heterocycles. The Morgan fingerprint density at radius 1 is 1.18 bits per heavy atom. The van der Waals surface area contributed by atoms with E-state index in [-0.39, 0.29) is 0 Å². The summed E-state index contributed by atoms with van der Waals surface area (Å²) in [6.07, 6.45) is 2.87. The van der Waals surface area contributed by atoms with Crippen LogP contribution in [0, 0.1) is 11.8 Å². The summed E-state index contributed by atoms with van der Waals surface area (Å²) in [5, 5.41) is 0.567. The first-order valence-electron chi connectivity index (χ1n) is 4.96. The summed E-state index contributed by atoms with van der Waals surface area (Å²) in [6, 6.07) is 0. The van der Waals surface area contributed by atoms with Crippen LogP contribution in [0.5, 0.6) is 0 Å². The second-order valence-corrected chi connectivity index (χ2v) is 5.07. The van der Waals surface area contributed by atoms with Crippen molar-refractivity contribution >= 4 is 23.5 Å². The summed E-state index contributed by atoms with van der Waals surface area (Å²) < 4.78 is 0. The van der Waals surface area contributed by atoms with Gasteiger partial charge in [-0.05, 0) is 5.92 Å². The average Bonchev–Trinajstić information content (AvgIpc) is 1.95. The molecule has 0 aromatic carbocycles. The minimum absolute atomic E-state index is 0.567. The fraction of sp³-hybridized carbons (Fsp3) is 1.00. The minimum atomic E-state index is 0.567.